The SMILES string of the molecule is Cc1cc([N+](=O)[O-])ccc1-n1c(C)cc(C=C(C#N)C(=O)Nc2ccccc2)c1C. The highest BCUT2D eigenvalue weighted by Gasteiger charge is 2.16. The number of rotatable bonds is 5. The van der Waals surface area contributed by atoms with Crippen LogP contribution in [0.1, 0.15) is 22.5 Å². The van der Waals surface area contributed by atoms with E-state index in [1.54, 1.807) is 36.4 Å². The van der Waals surface area contributed by atoms with Gasteiger partial charge in [-0.3, -0.25) is 14.9 Å². The smallest absolute Gasteiger partial charge is 0.269 e. The van der Waals surface area contributed by atoms with Crippen LogP contribution in [0, 0.1) is 42.2 Å². The standard InChI is InChI=1S/C23H20N4O3/c1-15-11-21(27(29)30)9-10-22(15)26-16(2)12-18(17(26)3)13-19(14-24)23(28)25-20-7-5-4-6-8-20/h4-13H,1-3H3,(H,25,28). The van der Waals surface area contributed by atoms with Crippen LogP contribution in [-0.4, -0.2) is 15.4 Å². The minimum Gasteiger partial charge on any atom is -0.321 e. The molecule has 30 heavy (non-hydrogen) atoms. The molecule has 150 valence electrons. The number of anilines is 1. The summed E-state index contributed by atoms with van der Waals surface area (Å²) >= 11 is 0. The topological polar surface area (TPSA) is 101 Å². The average molecular weight is 400 g/mol. The number of nitriles is 1. The van der Waals surface area contributed by atoms with E-state index in [2.05, 4.69) is 5.32 Å². The maximum absolute atomic E-state index is 12.5. The summed E-state index contributed by atoms with van der Waals surface area (Å²) < 4.78 is 1.95. The monoisotopic (exact) mass is 400 g/mol. The lowest BCUT2D eigenvalue weighted by Gasteiger charge is -2.12. The van der Waals surface area contributed by atoms with E-state index in [4.69, 9.17) is 0 Å². The lowest BCUT2D eigenvalue weighted by molar-refractivity contribution is -0.384. The molecule has 0 unspecified atom stereocenters. The van der Waals surface area contributed by atoms with E-state index < -0.39 is 10.8 Å². The molecule has 1 aromatic heterocycles. The lowest BCUT2D eigenvalue weighted by Crippen LogP contribution is -2.13. The zero-order valence-electron chi connectivity index (χ0n) is 16.8. The zero-order chi connectivity index (χ0) is 21.8. The van der Waals surface area contributed by atoms with Crippen molar-refractivity contribution in [2.24, 2.45) is 0 Å². The predicted molar refractivity (Wildman–Crippen MR) is 115 cm³/mol. The number of nitrogens with one attached hydrogen (secondary N) is 1. The molecule has 7 heteroatoms. The van der Waals surface area contributed by atoms with Crippen LogP contribution in [0.3, 0.4) is 0 Å². The highest BCUT2D eigenvalue weighted by molar-refractivity contribution is 6.09. The van der Waals surface area contributed by atoms with Gasteiger partial charge in [0.1, 0.15) is 11.6 Å². The normalized spacial score (nSPS) is 11.1. The molecule has 1 heterocycles. The third-order valence-electron chi connectivity index (χ3n) is 4.80. The summed E-state index contributed by atoms with van der Waals surface area (Å²) in [7, 11) is 0. The van der Waals surface area contributed by atoms with Crippen LogP contribution in [0.15, 0.2) is 60.2 Å². The van der Waals surface area contributed by atoms with Crippen LogP contribution in [0.25, 0.3) is 11.8 Å². The molecule has 0 aliphatic rings. The van der Waals surface area contributed by atoms with Crippen molar-refractivity contribution in [2.75, 3.05) is 5.32 Å². The summed E-state index contributed by atoms with van der Waals surface area (Å²) in [5.74, 6) is -0.486. The number of carbonyl (C=O) groups excluding carboxylic acids is 1. The molecule has 0 saturated carbocycles. The van der Waals surface area contributed by atoms with Gasteiger partial charge in [-0.25, -0.2) is 0 Å². The van der Waals surface area contributed by atoms with Crippen molar-refractivity contribution in [3.63, 3.8) is 0 Å². The van der Waals surface area contributed by atoms with Crippen molar-refractivity contribution in [1.82, 2.24) is 4.57 Å². The van der Waals surface area contributed by atoms with Gasteiger partial charge in [0.05, 0.1) is 4.92 Å². The van der Waals surface area contributed by atoms with Crippen LogP contribution >= 0.6 is 0 Å². The van der Waals surface area contributed by atoms with Gasteiger partial charge in [-0.05, 0) is 62.2 Å². The number of nitro groups is 1. The predicted octanol–water partition coefficient (Wildman–Crippen LogP) is 4.86. The first-order chi connectivity index (χ1) is 14.3. The fourth-order valence-electron chi connectivity index (χ4n) is 3.33. The second-order valence-corrected chi connectivity index (χ2v) is 6.88. The Bertz CT molecular complexity index is 1200. The summed E-state index contributed by atoms with van der Waals surface area (Å²) in [6.45, 7) is 5.59. The molecule has 0 aliphatic carbocycles. The van der Waals surface area contributed by atoms with E-state index >= 15 is 0 Å². The number of hydrogen-bond donors (Lipinski definition) is 1. The molecule has 0 aliphatic heterocycles. The largest absolute Gasteiger partial charge is 0.321 e. The molecular formula is C23H20N4O3. The Morgan fingerprint density at radius 2 is 1.83 bits per heavy atom. The van der Waals surface area contributed by atoms with E-state index in [1.165, 1.54) is 12.1 Å². The van der Waals surface area contributed by atoms with Gasteiger partial charge in [-0.2, -0.15) is 5.26 Å². The Kier molecular flexibility index (Phi) is 5.79. The molecule has 0 bridgehead atoms. The van der Waals surface area contributed by atoms with E-state index in [0.717, 1.165) is 28.2 Å². The van der Waals surface area contributed by atoms with Crippen molar-refractivity contribution >= 4 is 23.4 Å². The highest BCUT2D eigenvalue weighted by Crippen LogP contribution is 2.27. The minimum absolute atomic E-state index is 0.0143. The quantitative estimate of drug-likeness (QED) is 0.286. The third kappa shape index (κ3) is 4.13. The number of nitro benzene ring substituents is 1. The molecule has 0 radical (unpaired) electrons. The molecule has 0 saturated heterocycles. The summed E-state index contributed by atoms with van der Waals surface area (Å²) in [6, 6.07) is 17.5. The lowest BCUT2D eigenvalue weighted by atomic mass is 10.1. The molecule has 0 fully saturated rings. The van der Waals surface area contributed by atoms with Gasteiger partial charge < -0.3 is 9.88 Å². The van der Waals surface area contributed by atoms with E-state index in [9.17, 15) is 20.2 Å². The minimum atomic E-state index is -0.486. The van der Waals surface area contributed by atoms with Crippen LogP contribution < -0.4 is 5.32 Å². The Morgan fingerprint density at radius 1 is 1.13 bits per heavy atom. The number of benzene rings is 2. The van der Waals surface area contributed by atoms with Gasteiger partial charge in [-0.15, -0.1) is 0 Å². The maximum Gasteiger partial charge on any atom is 0.269 e. The van der Waals surface area contributed by atoms with Gasteiger partial charge in [0.15, 0.2) is 0 Å². The van der Waals surface area contributed by atoms with Crippen molar-refractivity contribution in [3.8, 4) is 11.8 Å². The Labute approximate surface area is 174 Å². The summed E-state index contributed by atoms with van der Waals surface area (Å²) in [5, 5.41) is 23.2. The number of non-ortho nitro benzene ring substituents is 1. The highest BCUT2D eigenvalue weighted by atomic mass is 16.6. The van der Waals surface area contributed by atoms with E-state index in [0.29, 0.717) is 5.69 Å². The molecule has 1 amide bonds. The molecular weight excluding hydrogens is 380 g/mol. The molecule has 3 aromatic rings. The zero-order valence-corrected chi connectivity index (χ0v) is 16.8. The molecule has 7 nitrogen and oxygen atoms in total. The Morgan fingerprint density at radius 3 is 2.43 bits per heavy atom. The number of hydrogen-bond acceptors (Lipinski definition) is 4. The molecule has 0 spiro atoms. The van der Waals surface area contributed by atoms with Gasteiger partial charge in [0.25, 0.3) is 11.6 Å². The van der Waals surface area contributed by atoms with Gasteiger partial charge >= 0.3 is 0 Å². The average Bonchev–Trinajstić information content (AvgIpc) is 2.99. The number of para-hydroxylation sites is 1. The summed E-state index contributed by atoms with van der Waals surface area (Å²) in [6.07, 6.45) is 1.55. The number of aryl methyl sites for hydroxylation is 2. The fraction of sp³-hybridized carbons (Fsp3) is 0.130. The number of carbonyl (C=O) groups is 1. The molecule has 1 N–H and O–H groups in total. The van der Waals surface area contributed by atoms with Crippen LogP contribution in [0.2, 0.25) is 0 Å². The Balaban J connectivity index is 1.97. The summed E-state index contributed by atoms with van der Waals surface area (Å²) in [4.78, 5) is 23.1. The van der Waals surface area contributed by atoms with Crippen LogP contribution in [-0.2, 0) is 4.79 Å². The van der Waals surface area contributed by atoms with Crippen molar-refractivity contribution < 1.29 is 9.72 Å². The van der Waals surface area contributed by atoms with Gasteiger partial charge in [-0.1, -0.05) is 18.2 Å². The van der Waals surface area contributed by atoms with Crippen molar-refractivity contribution in [3.05, 3.63) is 92.8 Å². The van der Waals surface area contributed by atoms with Crippen LogP contribution in [0.4, 0.5) is 11.4 Å². The Hall–Kier alpha value is -4.18. The first kappa shape index (κ1) is 20.6. The number of nitrogens with zero attached hydrogens (tertiary/aromatic N) is 3. The van der Waals surface area contributed by atoms with E-state index in [1.807, 2.05) is 43.5 Å². The van der Waals surface area contributed by atoms with E-state index in [-0.39, 0.29) is 11.3 Å². The summed E-state index contributed by atoms with van der Waals surface area (Å²) in [5.41, 5.74) is 4.62. The van der Waals surface area contributed by atoms with Gasteiger partial charge in [0.2, 0.25) is 0 Å². The first-order valence-corrected chi connectivity index (χ1v) is 9.24. The molecule has 0 atom stereocenters. The van der Waals surface area contributed by atoms with Crippen molar-refractivity contribution in [1.29, 1.82) is 5.26 Å². The molecule has 2 aromatic carbocycles. The molecule has 3 rings (SSSR count). The second-order valence-electron chi connectivity index (χ2n) is 6.88. The second kappa shape index (κ2) is 8.45. The van der Waals surface area contributed by atoms with Crippen LogP contribution in [0.5, 0.6) is 0 Å². The maximum atomic E-state index is 12.5. The van der Waals surface area contributed by atoms with Gasteiger partial charge in [0, 0.05) is 34.9 Å². The van der Waals surface area contributed by atoms with Crippen molar-refractivity contribution in [2.45, 2.75) is 20.8 Å². The third-order valence-corrected chi connectivity index (χ3v) is 4.80. The number of aromatic nitrogens is 1. The first-order valence-electron chi connectivity index (χ1n) is 9.24. The number of amides is 1. The fourth-order valence-corrected chi connectivity index (χ4v) is 3.33.